The predicted molar refractivity (Wildman–Crippen MR) is 94.8 cm³/mol. The molecule has 10 heteroatoms. The second-order valence-electron chi connectivity index (χ2n) is 6.28. The van der Waals surface area contributed by atoms with Crippen LogP contribution in [0.2, 0.25) is 0 Å². The van der Waals surface area contributed by atoms with E-state index >= 15 is 0 Å². The van der Waals surface area contributed by atoms with E-state index in [4.69, 9.17) is 4.74 Å². The van der Waals surface area contributed by atoms with Crippen LogP contribution in [0.4, 0.5) is 17.6 Å². The van der Waals surface area contributed by atoms with Gasteiger partial charge in [0.25, 0.3) is 0 Å². The zero-order valence-corrected chi connectivity index (χ0v) is 15.1. The summed E-state index contributed by atoms with van der Waals surface area (Å²) in [5.41, 5.74) is -0.152. The third-order valence-electron chi connectivity index (χ3n) is 4.37. The first-order valence-corrected chi connectivity index (χ1v) is 8.31. The molecule has 4 rings (SSSR count). The Labute approximate surface area is 160 Å². The first-order valence-electron chi connectivity index (χ1n) is 8.31. The maximum Gasteiger partial charge on any atom is 0.433 e. The van der Waals surface area contributed by atoms with Gasteiger partial charge in [-0.25, -0.2) is 23.7 Å². The molecule has 0 aliphatic rings. The fourth-order valence-electron chi connectivity index (χ4n) is 3.02. The lowest BCUT2D eigenvalue weighted by atomic mass is 10.1. The molecule has 0 amide bonds. The van der Waals surface area contributed by atoms with Gasteiger partial charge in [-0.2, -0.15) is 13.2 Å². The van der Waals surface area contributed by atoms with Crippen LogP contribution in [0.25, 0.3) is 27.9 Å². The summed E-state index contributed by atoms with van der Waals surface area (Å²) in [4.78, 5) is 20.3. The number of aryl methyl sites for hydroxylation is 1. The highest BCUT2D eigenvalue weighted by Gasteiger charge is 2.34. The topological polar surface area (TPSA) is 69.4 Å². The standard InChI is InChI=1S/C19H12F4N4O2/c1-9-7-14(19(21,22)23)25-16-15(9)17-24-12(10-3-5-11(20)6-4-10)8-13(18(28)29-2)27(17)26-16/h3-8H,1-2H3. The largest absolute Gasteiger partial charge is 0.464 e. The van der Waals surface area contributed by atoms with Gasteiger partial charge in [0.1, 0.15) is 11.5 Å². The van der Waals surface area contributed by atoms with E-state index < -0.39 is 23.7 Å². The first kappa shape index (κ1) is 18.8. The van der Waals surface area contributed by atoms with Gasteiger partial charge < -0.3 is 4.74 Å². The second-order valence-corrected chi connectivity index (χ2v) is 6.28. The number of esters is 1. The smallest absolute Gasteiger partial charge is 0.433 e. The average Bonchev–Trinajstić information content (AvgIpc) is 3.05. The third-order valence-corrected chi connectivity index (χ3v) is 4.37. The number of pyridine rings is 1. The van der Waals surface area contributed by atoms with Crippen molar-refractivity contribution in [3.05, 3.63) is 59.2 Å². The minimum absolute atomic E-state index is 0.0530. The third kappa shape index (κ3) is 3.16. The SMILES string of the molecule is COC(=O)c1cc(-c2ccc(F)cc2)nc2c3c(C)cc(C(F)(F)F)nc3nn12. The van der Waals surface area contributed by atoms with Crippen molar-refractivity contribution < 1.29 is 27.1 Å². The van der Waals surface area contributed by atoms with E-state index in [0.29, 0.717) is 11.3 Å². The molecule has 0 unspecified atom stereocenters. The summed E-state index contributed by atoms with van der Waals surface area (Å²) in [7, 11) is 1.17. The summed E-state index contributed by atoms with van der Waals surface area (Å²) < 4.78 is 58.5. The quantitative estimate of drug-likeness (QED) is 0.370. The van der Waals surface area contributed by atoms with Crippen LogP contribution in [0.5, 0.6) is 0 Å². The summed E-state index contributed by atoms with van der Waals surface area (Å²) in [6.07, 6.45) is -4.65. The number of ether oxygens (including phenoxy) is 1. The highest BCUT2D eigenvalue weighted by Crippen LogP contribution is 2.32. The number of carbonyl (C=O) groups excluding carboxylic acids is 1. The molecule has 0 N–H and O–H groups in total. The minimum Gasteiger partial charge on any atom is -0.464 e. The molecular formula is C19H12F4N4O2. The number of carbonyl (C=O) groups is 1. The monoisotopic (exact) mass is 404 g/mol. The van der Waals surface area contributed by atoms with Crippen molar-refractivity contribution in [3.63, 3.8) is 0 Å². The minimum atomic E-state index is -4.65. The van der Waals surface area contributed by atoms with Crippen molar-refractivity contribution >= 4 is 22.6 Å². The number of alkyl halides is 3. The predicted octanol–water partition coefficient (Wildman–Crippen LogP) is 4.20. The number of hydrogen-bond donors (Lipinski definition) is 0. The van der Waals surface area contributed by atoms with E-state index in [1.54, 1.807) is 0 Å². The Morgan fingerprint density at radius 3 is 2.41 bits per heavy atom. The molecule has 0 saturated carbocycles. The summed E-state index contributed by atoms with van der Waals surface area (Å²) in [5.74, 6) is -1.21. The Hall–Kier alpha value is -3.56. The second kappa shape index (κ2) is 6.50. The summed E-state index contributed by atoms with van der Waals surface area (Å²) >= 11 is 0. The number of fused-ring (bicyclic) bond motifs is 3. The van der Waals surface area contributed by atoms with E-state index in [9.17, 15) is 22.4 Å². The lowest BCUT2D eigenvalue weighted by Crippen LogP contribution is -2.10. The Kier molecular flexibility index (Phi) is 4.21. The van der Waals surface area contributed by atoms with Gasteiger partial charge in [-0.15, -0.1) is 5.10 Å². The first-order chi connectivity index (χ1) is 13.7. The molecule has 3 heterocycles. The Morgan fingerprint density at radius 2 is 1.79 bits per heavy atom. The number of hydrogen-bond acceptors (Lipinski definition) is 5. The van der Waals surface area contributed by atoms with Crippen molar-refractivity contribution in [2.45, 2.75) is 13.1 Å². The van der Waals surface area contributed by atoms with Crippen LogP contribution in [0.15, 0.2) is 36.4 Å². The molecule has 0 aliphatic heterocycles. The molecule has 1 aromatic carbocycles. The zero-order valence-electron chi connectivity index (χ0n) is 15.1. The Bertz CT molecular complexity index is 1260. The van der Waals surface area contributed by atoms with Crippen molar-refractivity contribution in [1.82, 2.24) is 19.6 Å². The van der Waals surface area contributed by atoms with Crippen molar-refractivity contribution in [2.75, 3.05) is 7.11 Å². The van der Waals surface area contributed by atoms with Gasteiger partial charge in [0.05, 0.1) is 18.2 Å². The van der Waals surface area contributed by atoms with E-state index in [1.807, 2.05) is 0 Å². The molecule has 148 valence electrons. The molecule has 0 aliphatic carbocycles. The van der Waals surface area contributed by atoms with Crippen LogP contribution in [0.1, 0.15) is 21.7 Å². The highest BCUT2D eigenvalue weighted by atomic mass is 19.4. The lowest BCUT2D eigenvalue weighted by Gasteiger charge is -2.08. The average molecular weight is 404 g/mol. The summed E-state index contributed by atoms with van der Waals surface area (Å²) in [6.45, 7) is 1.48. The van der Waals surface area contributed by atoms with E-state index in [2.05, 4.69) is 15.1 Å². The van der Waals surface area contributed by atoms with Gasteiger partial charge in [-0.3, -0.25) is 0 Å². The molecule has 0 spiro atoms. The summed E-state index contributed by atoms with van der Waals surface area (Å²) in [5, 5.41) is 4.32. The van der Waals surface area contributed by atoms with Gasteiger partial charge in [0.2, 0.25) is 0 Å². The molecular weight excluding hydrogens is 392 g/mol. The molecule has 0 radical (unpaired) electrons. The number of benzene rings is 1. The van der Waals surface area contributed by atoms with E-state index in [-0.39, 0.29) is 27.9 Å². The van der Waals surface area contributed by atoms with Crippen LogP contribution < -0.4 is 0 Å². The number of rotatable bonds is 2. The molecule has 0 fully saturated rings. The maximum atomic E-state index is 13.3. The number of methoxy groups -OCH3 is 1. The van der Waals surface area contributed by atoms with Crippen LogP contribution in [-0.2, 0) is 10.9 Å². The molecule has 6 nitrogen and oxygen atoms in total. The van der Waals surface area contributed by atoms with E-state index in [0.717, 1.165) is 10.6 Å². The normalized spacial score (nSPS) is 11.9. The van der Waals surface area contributed by atoms with Crippen LogP contribution >= 0.6 is 0 Å². The molecule has 0 saturated heterocycles. The maximum absolute atomic E-state index is 13.3. The molecule has 0 bridgehead atoms. The van der Waals surface area contributed by atoms with Crippen LogP contribution in [0.3, 0.4) is 0 Å². The highest BCUT2D eigenvalue weighted by molar-refractivity contribution is 5.97. The molecule has 4 aromatic rings. The summed E-state index contributed by atoms with van der Waals surface area (Å²) in [6, 6.07) is 7.68. The van der Waals surface area contributed by atoms with Gasteiger partial charge >= 0.3 is 12.1 Å². The number of aromatic nitrogens is 4. The van der Waals surface area contributed by atoms with E-state index in [1.165, 1.54) is 44.4 Å². The number of halogens is 4. The molecule has 3 aromatic heterocycles. The number of nitrogens with zero attached hydrogens (tertiary/aromatic N) is 4. The van der Waals surface area contributed by atoms with Gasteiger partial charge in [0.15, 0.2) is 17.0 Å². The van der Waals surface area contributed by atoms with Crippen LogP contribution in [-0.4, -0.2) is 32.7 Å². The van der Waals surface area contributed by atoms with Gasteiger partial charge in [-0.05, 0) is 48.9 Å². The lowest BCUT2D eigenvalue weighted by molar-refractivity contribution is -0.141. The van der Waals surface area contributed by atoms with Crippen molar-refractivity contribution in [3.8, 4) is 11.3 Å². The molecule has 29 heavy (non-hydrogen) atoms. The Balaban J connectivity index is 2.07. The molecule has 0 atom stereocenters. The van der Waals surface area contributed by atoms with Gasteiger partial charge in [-0.1, -0.05) is 0 Å². The van der Waals surface area contributed by atoms with Crippen molar-refractivity contribution in [1.29, 1.82) is 0 Å². The van der Waals surface area contributed by atoms with Crippen molar-refractivity contribution in [2.24, 2.45) is 0 Å². The zero-order chi connectivity index (χ0) is 20.9. The fourth-order valence-corrected chi connectivity index (χ4v) is 3.02. The fraction of sp³-hybridized carbons (Fsp3) is 0.158. The Morgan fingerprint density at radius 1 is 1.10 bits per heavy atom. The van der Waals surface area contributed by atoms with Crippen LogP contribution in [0, 0.1) is 12.7 Å². The van der Waals surface area contributed by atoms with Gasteiger partial charge in [0, 0.05) is 5.56 Å².